The van der Waals surface area contributed by atoms with Crippen LogP contribution in [0, 0.1) is 5.41 Å². The number of hydrogen-bond donors (Lipinski definition) is 3. The van der Waals surface area contributed by atoms with Gasteiger partial charge in [0, 0.05) is 5.56 Å². The van der Waals surface area contributed by atoms with Gasteiger partial charge in [-0.3, -0.25) is 9.59 Å². The maximum atomic E-state index is 11.8. The SMILES string of the molecule is CC(C)(C)CC(CO)NC(=O)CNC(=O)c1ccccc1. The van der Waals surface area contributed by atoms with Gasteiger partial charge < -0.3 is 15.7 Å². The Bertz CT molecular complexity index is 466. The lowest BCUT2D eigenvalue weighted by Gasteiger charge is -2.25. The molecule has 0 aliphatic rings. The number of nitrogens with one attached hydrogen (secondary N) is 2. The van der Waals surface area contributed by atoms with Gasteiger partial charge in [0.25, 0.3) is 5.91 Å². The number of carbonyl (C=O) groups excluding carboxylic acids is 2. The third-order valence-electron chi connectivity index (χ3n) is 2.89. The maximum absolute atomic E-state index is 11.8. The highest BCUT2D eigenvalue weighted by atomic mass is 16.3. The van der Waals surface area contributed by atoms with Gasteiger partial charge in [0.05, 0.1) is 19.2 Å². The highest BCUT2D eigenvalue weighted by Gasteiger charge is 2.20. The molecule has 0 saturated carbocycles. The number of aliphatic hydroxyl groups excluding tert-OH is 1. The van der Waals surface area contributed by atoms with Gasteiger partial charge in [0.1, 0.15) is 0 Å². The van der Waals surface area contributed by atoms with E-state index in [1.54, 1.807) is 24.3 Å². The lowest BCUT2D eigenvalue weighted by molar-refractivity contribution is -0.121. The summed E-state index contributed by atoms with van der Waals surface area (Å²) >= 11 is 0. The molecule has 0 saturated heterocycles. The average Bonchev–Trinajstić information content (AvgIpc) is 2.43. The van der Waals surface area contributed by atoms with Gasteiger partial charge in [0.2, 0.25) is 5.91 Å². The van der Waals surface area contributed by atoms with Crippen LogP contribution in [-0.2, 0) is 4.79 Å². The van der Waals surface area contributed by atoms with Crippen LogP contribution < -0.4 is 10.6 Å². The molecule has 0 fully saturated rings. The Morgan fingerprint density at radius 1 is 1.19 bits per heavy atom. The fourth-order valence-electron chi connectivity index (χ4n) is 2.03. The molecule has 1 unspecified atom stereocenters. The number of hydrogen-bond acceptors (Lipinski definition) is 3. The third-order valence-corrected chi connectivity index (χ3v) is 2.89. The molecular weight excluding hydrogens is 268 g/mol. The Morgan fingerprint density at radius 2 is 1.81 bits per heavy atom. The summed E-state index contributed by atoms with van der Waals surface area (Å²) in [6.07, 6.45) is 0.669. The molecule has 116 valence electrons. The van der Waals surface area contributed by atoms with Crippen molar-refractivity contribution in [1.82, 2.24) is 10.6 Å². The fraction of sp³-hybridized carbons (Fsp3) is 0.500. The largest absolute Gasteiger partial charge is 0.394 e. The van der Waals surface area contributed by atoms with Gasteiger partial charge in [0.15, 0.2) is 0 Å². The molecule has 0 heterocycles. The van der Waals surface area contributed by atoms with E-state index in [0.29, 0.717) is 12.0 Å². The number of carbonyl (C=O) groups is 2. The Hall–Kier alpha value is -1.88. The summed E-state index contributed by atoms with van der Waals surface area (Å²) in [6.45, 7) is 5.90. The zero-order valence-corrected chi connectivity index (χ0v) is 12.8. The van der Waals surface area contributed by atoms with Gasteiger partial charge in [-0.25, -0.2) is 0 Å². The Labute approximate surface area is 125 Å². The number of aliphatic hydroxyl groups is 1. The maximum Gasteiger partial charge on any atom is 0.251 e. The number of amides is 2. The molecule has 2 amide bonds. The zero-order valence-electron chi connectivity index (χ0n) is 12.8. The smallest absolute Gasteiger partial charge is 0.251 e. The summed E-state index contributed by atoms with van der Waals surface area (Å²) in [5.74, 6) is -0.593. The van der Waals surface area contributed by atoms with Crippen LogP contribution in [-0.4, -0.2) is 36.1 Å². The summed E-state index contributed by atoms with van der Waals surface area (Å²) in [7, 11) is 0. The van der Waals surface area contributed by atoms with Gasteiger partial charge >= 0.3 is 0 Å². The summed E-state index contributed by atoms with van der Waals surface area (Å²) < 4.78 is 0. The first-order chi connectivity index (χ1) is 9.81. The molecule has 1 atom stereocenters. The highest BCUT2D eigenvalue weighted by Crippen LogP contribution is 2.20. The van der Waals surface area contributed by atoms with Crippen molar-refractivity contribution in [2.75, 3.05) is 13.2 Å². The van der Waals surface area contributed by atoms with Crippen molar-refractivity contribution < 1.29 is 14.7 Å². The quantitative estimate of drug-likeness (QED) is 0.740. The molecule has 1 rings (SSSR count). The van der Waals surface area contributed by atoms with Gasteiger partial charge in [-0.05, 0) is 24.0 Å². The van der Waals surface area contributed by atoms with Crippen LogP contribution in [0.2, 0.25) is 0 Å². The molecule has 0 aliphatic carbocycles. The predicted octanol–water partition coefficient (Wildman–Crippen LogP) is 1.33. The second-order valence-corrected chi connectivity index (χ2v) is 6.26. The van der Waals surface area contributed by atoms with Crippen LogP contribution in [0.15, 0.2) is 30.3 Å². The number of benzene rings is 1. The first-order valence-corrected chi connectivity index (χ1v) is 7.05. The molecule has 21 heavy (non-hydrogen) atoms. The molecule has 0 spiro atoms. The van der Waals surface area contributed by atoms with Crippen LogP contribution >= 0.6 is 0 Å². The van der Waals surface area contributed by atoms with Crippen LogP contribution in [0.4, 0.5) is 0 Å². The van der Waals surface area contributed by atoms with E-state index >= 15 is 0 Å². The fourth-order valence-corrected chi connectivity index (χ4v) is 2.03. The Morgan fingerprint density at radius 3 is 2.33 bits per heavy atom. The second-order valence-electron chi connectivity index (χ2n) is 6.26. The van der Waals surface area contributed by atoms with E-state index in [0.717, 1.165) is 0 Å². The van der Waals surface area contributed by atoms with E-state index in [2.05, 4.69) is 10.6 Å². The second kappa shape index (κ2) is 7.78. The third kappa shape index (κ3) is 6.90. The van der Waals surface area contributed by atoms with Crippen molar-refractivity contribution in [3.05, 3.63) is 35.9 Å². The number of rotatable bonds is 6. The lowest BCUT2D eigenvalue weighted by Crippen LogP contribution is -2.44. The van der Waals surface area contributed by atoms with Crippen LogP contribution in [0.3, 0.4) is 0 Å². The summed E-state index contributed by atoms with van der Waals surface area (Å²) in [4.78, 5) is 23.6. The molecule has 3 N–H and O–H groups in total. The molecule has 0 aliphatic heterocycles. The molecule has 5 heteroatoms. The first-order valence-electron chi connectivity index (χ1n) is 7.05. The van der Waals surface area contributed by atoms with E-state index in [4.69, 9.17) is 0 Å². The van der Waals surface area contributed by atoms with Gasteiger partial charge in [-0.2, -0.15) is 0 Å². The molecule has 1 aromatic carbocycles. The van der Waals surface area contributed by atoms with Crippen molar-refractivity contribution in [3.8, 4) is 0 Å². The standard InChI is InChI=1S/C16H24N2O3/c1-16(2,3)9-13(11-19)18-14(20)10-17-15(21)12-7-5-4-6-8-12/h4-8,13,19H,9-11H2,1-3H3,(H,17,21)(H,18,20). The van der Waals surface area contributed by atoms with Crippen LogP contribution in [0.1, 0.15) is 37.6 Å². The average molecular weight is 292 g/mol. The predicted molar refractivity (Wildman–Crippen MR) is 81.9 cm³/mol. The molecular formula is C16H24N2O3. The molecule has 0 radical (unpaired) electrons. The summed E-state index contributed by atoms with van der Waals surface area (Å²) in [6, 6.07) is 8.42. The van der Waals surface area contributed by atoms with E-state index in [1.807, 2.05) is 26.8 Å². The van der Waals surface area contributed by atoms with E-state index in [9.17, 15) is 14.7 Å². The van der Waals surface area contributed by atoms with Gasteiger partial charge in [-0.1, -0.05) is 39.0 Å². The lowest BCUT2D eigenvalue weighted by atomic mass is 9.88. The van der Waals surface area contributed by atoms with Crippen molar-refractivity contribution in [2.24, 2.45) is 5.41 Å². The molecule has 1 aromatic rings. The Balaban J connectivity index is 2.41. The van der Waals surface area contributed by atoms with Crippen molar-refractivity contribution in [1.29, 1.82) is 0 Å². The minimum Gasteiger partial charge on any atom is -0.394 e. The van der Waals surface area contributed by atoms with Crippen LogP contribution in [0.25, 0.3) is 0 Å². The topological polar surface area (TPSA) is 78.4 Å². The van der Waals surface area contributed by atoms with E-state index in [-0.39, 0.29) is 36.4 Å². The molecule has 5 nitrogen and oxygen atoms in total. The Kier molecular flexibility index (Phi) is 6.37. The van der Waals surface area contributed by atoms with Crippen molar-refractivity contribution in [2.45, 2.75) is 33.2 Å². The molecule has 0 aromatic heterocycles. The monoisotopic (exact) mass is 292 g/mol. The summed E-state index contributed by atoms with van der Waals surface area (Å²) in [5, 5.41) is 14.6. The highest BCUT2D eigenvalue weighted by molar-refractivity contribution is 5.96. The molecule has 0 bridgehead atoms. The van der Waals surface area contributed by atoms with Crippen molar-refractivity contribution in [3.63, 3.8) is 0 Å². The normalized spacial score (nSPS) is 12.6. The van der Waals surface area contributed by atoms with Crippen molar-refractivity contribution >= 4 is 11.8 Å². The summed E-state index contributed by atoms with van der Waals surface area (Å²) in [5.41, 5.74) is 0.521. The van der Waals surface area contributed by atoms with Crippen LogP contribution in [0.5, 0.6) is 0 Å². The van der Waals surface area contributed by atoms with E-state index < -0.39 is 0 Å². The van der Waals surface area contributed by atoms with Gasteiger partial charge in [-0.15, -0.1) is 0 Å². The van der Waals surface area contributed by atoms with E-state index in [1.165, 1.54) is 0 Å². The minimum absolute atomic E-state index is 0.00790. The minimum atomic E-state index is -0.303. The zero-order chi connectivity index (χ0) is 15.9. The first kappa shape index (κ1) is 17.2.